The maximum Gasteiger partial charge on any atom is 0.409 e. The number of likely N-dealkylation sites (N-methyl/N-ethyl adjacent to an activating group) is 1. The SMILES string of the molecule is C=CCO[C@@]12Oc3ccc(OCc4ccccc4F)cc3[C@H]3[C@H](CCCCO)[C@@H](CCCCO)C=C(C(=NOCc4ccc([N+](=O)[O-])cc4)C[C@@H]1N(C)C(=O)OC)[C@H]32. The van der Waals surface area contributed by atoms with Crippen molar-refractivity contribution in [3.63, 3.8) is 0 Å². The van der Waals surface area contributed by atoms with E-state index in [1.54, 1.807) is 49.5 Å². The number of nitrogens with zero attached hydrogens (tertiary/aromatic N) is 3. The number of aliphatic hydroxyl groups excluding tert-OH is 2. The molecule has 0 unspecified atom stereocenters. The molecule has 0 bridgehead atoms. The Labute approximate surface area is 337 Å². The number of halogens is 1. The number of allylic oxidation sites excluding steroid dienone is 1. The zero-order chi connectivity index (χ0) is 41.2. The third-order valence-electron chi connectivity index (χ3n) is 11.5. The van der Waals surface area contributed by atoms with Gasteiger partial charge in [-0.15, -0.1) is 6.58 Å². The number of oxime groups is 1. The van der Waals surface area contributed by atoms with Gasteiger partial charge in [-0.2, -0.15) is 0 Å². The smallest absolute Gasteiger partial charge is 0.409 e. The van der Waals surface area contributed by atoms with E-state index < -0.39 is 28.8 Å². The molecular weight excluding hydrogens is 749 g/mol. The number of hydrogen-bond acceptors (Lipinski definition) is 11. The van der Waals surface area contributed by atoms with Crippen LogP contribution in [0.5, 0.6) is 11.5 Å². The van der Waals surface area contributed by atoms with Crippen LogP contribution in [-0.2, 0) is 27.5 Å². The van der Waals surface area contributed by atoms with Crippen LogP contribution in [0, 0.1) is 33.7 Å². The summed E-state index contributed by atoms with van der Waals surface area (Å²) in [7, 11) is 2.94. The minimum atomic E-state index is -1.46. The Bertz CT molecular complexity index is 1970. The molecule has 1 amide bonds. The number of carbonyl (C=O) groups is 1. The van der Waals surface area contributed by atoms with Gasteiger partial charge in [0.05, 0.1) is 30.3 Å². The number of benzene rings is 3. The number of fused-ring (bicyclic) bond motifs is 2. The zero-order valence-electron chi connectivity index (χ0n) is 33.0. The Hall–Kier alpha value is -5.31. The molecule has 1 saturated carbocycles. The largest absolute Gasteiger partial charge is 0.489 e. The molecule has 310 valence electrons. The summed E-state index contributed by atoms with van der Waals surface area (Å²) in [6, 6.07) is 17.3. The number of nitro benzene ring substituents is 1. The van der Waals surface area contributed by atoms with Crippen molar-refractivity contribution in [2.24, 2.45) is 22.9 Å². The summed E-state index contributed by atoms with van der Waals surface area (Å²) in [4.78, 5) is 31.7. The van der Waals surface area contributed by atoms with Crippen molar-refractivity contribution in [2.75, 3.05) is 34.0 Å². The summed E-state index contributed by atoms with van der Waals surface area (Å²) >= 11 is 0. The van der Waals surface area contributed by atoms with Crippen LogP contribution < -0.4 is 9.47 Å². The second-order valence-electron chi connectivity index (χ2n) is 14.9. The van der Waals surface area contributed by atoms with E-state index in [0.717, 1.165) is 36.8 Å². The highest BCUT2D eigenvalue weighted by molar-refractivity contribution is 6.02. The molecule has 0 aromatic heterocycles. The fourth-order valence-corrected chi connectivity index (χ4v) is 8.76. The van der Waals surface area contributed by atoms with Crippen LogP contribution in [-0.4, -0.2) is 77.6 Å². The van der Waals surface area contributed by atoms with Crippen molar-refractivity contribution in [2.45, 2.75) is 75.9 Å². The van der Waals surface area contributed by atoms with Crippen LogP contribution in [0.25, 0.3) is 0 Å². The van der Waals surface area contributed by atoms with E-state index in [2.05, 4.69) is 12.7 Å². The van der Waals surface area contributed by atoms with Gasteiger partial charge in [-0.05, 0) is 85.1 Å². The van der Waals surface area contributed by atoms with Crippen molar-refractivity contribution >= 4 is 17.5 Å². The summed E-state index contributed by atoms with van der Waals surface area (Å²) in [6.07, 6.45) is 7.67. The van der Waals surface area contributed by atoms with E-state index >= 15 is 0 Å². The quantitative estimate of drug-likeness (QED) is 0.0529. The predicted molar refractivity (Wildman–Crippen MR) is 214 cm³/mol. The maximum absolute atomic E-state index is 14.6. The molecule has 0 radical (unpaired) electrons. The third kappa shape index (κ3) is 9.04. The van der Waals surface area contributed by atoms with Gasteiger partial charge in [-0.25, -0.2) is 9.18 Å². The molecule has 58 heavy (non-hydrogen) atoms. The topological polar surface area (TPSA) is 162 Å². The van der Waals surface area contributed by atoms with Crippen LogP contribution in [0.2, 0.25) is 0 Å². The Kier molecular flexibility index (Phi) is 14.2. The summed E-state index contributed by atoms with van der Waals surface area (Å²) in [5.74, 6) is -1.62. The van der Waals surface area contributed by atoms with Crippen LogP contribution in [0.15, 0.2) is 96.2 Å². The van der Waals surface area contributed by atoms with Crippen LogP contribution >= 0.6 is 0 Å². The van der Waals surface area contributed by atoms with E-state index in [1.807, 2.05) is 12.1 Å². The number of amides is 1. The first-order valence-corrected chi connectivity index (χ1v) is 19.8. The van der Waals surface area contributed by atoms with Gasteiger partial charge < -0.3 is 38.9 Å². The number of non-ortho nitro benzene ring substituents is 1. The van der Waals surface area contributed by atoms with Gasteiger partial charge in [-0.1, -0.05) is 48.3 Å². The average Bonchev–Trinajstić information content (AvgIpc) is 3.23. The molecule has 3 aromatic rings. The monoisotopic (exact) mass is 801 g/mol. The number of hydrogen-bond donors (Lipinski definition) is 2. The first kappa shape index (κ1) is 42.3. The molecule has 13 nitrogen and oxygen atoms in total. The molecule has 6 atom stereocenters. The Balaban J connectivity index is 1.51. The number of ether oxygens (including phenoxy) is 4. The van der Waals surface area contributed by atoms with E-state index in [-0.39, 0.29) is 68.7 Å². The van der Waals surface area contributed by atoms with E-state index in [9.17, 15) is 29.5 Å². The highest BCUT2D eigenvalue weighted by atomic mass is 19.1. The van der Waals surface area contributed by atoms with E-state index in [0.29, 0.717) is 41.2 Å². The molecule has 6 rings (SSSR count). The lowest BCUT2D eigenvalue weighted by atomic mass is 9.55. The molecule has 1 heterocycles. The van der Waals surface area contributed by atoms with Gasteiger partial charge in [0, 0.05) is 55.9 Å². The normalized spacial score (nSPS) is 23.8. The molecular formula is C44H52FN3O10. The number of aliphatic hydroxyl groups is 2. The molecule has 2 N–H and O–H groups in total. The second kappa shape index (κ2) is 19.4. The Morgan fingerprint density at radius 1 is 1.07 bits per heavy atom. The number of unbranched alkanes of at least 4 members (excludes halogenated alkanes) is 2. The van der Waals surface area contributed by atoms with Crippen molar-refractivity contribution in [1.29, 1.82) is 0 Å². The lowest BCUT2D eigenvalue weighted by molar-refractivity contribution is -0.384. The van der Waals surface area contributed by atoms with Crippen LogP contribution in [0.3, 0.4) is 0 Å². The van der Waals surface area contributed by atoms with E-state index in [4.69, 9.17) is 28.9 Å². The summed E-state index contributed by atoms with van der Waals surface area (Å²) in [6.45, 7) is 4.18. The standard InChI is InChI=1S/C44H52FN3O10/c1-4-23-56-44-40(47(2)43(51)54-3)26-38(46-57-27-29-15-17-32(18-16-29)48(52)53)35-24-30(11-7-9-21-49)34(13-8-10-22-50)41(42(35)44)36-25-33(19-20-39(36)58-44)55-28-31-12-5-6-14-37(31)45/h4-6,12,14-20,24-25,30,34,40-42,49-50H,1,7-11,13,21-23,26-28H2,2-3H3/t30-,34+,40-,41+,42+,44+/m0/s1. The first-order chi connectivity index (χ1) is 28.1. The summed E-state index contributed by atoms with van der Waals surface area (Å²) < 4.78 is 40.0. The van der Waals surface area contributed by atoms with Crippen molar-refractivity contribution in [1.82, 2.24) is 4.90 Å². The van der Waals surface area contributed by atoms with Crippen LogP contribution in [0.1, 0.15) is 67.6 Å². The molecule has 3 aromatic carbocycles. The van der Waals surface area contributed by atoms with E-state index in [1.165, 1.54) is 30.2 Å². The predicted octanol–water partition coefficient (Wildman–Crippen LogP) is 7.84. The van der Waals surface area contributed by atoms with Crippen molar-refractivity contribution in [3.05, 3.63) is 124 Å². The number of rotatable bonds is 19. The van der Waals surface area contributed by atoms with Gasteiger partial charge >= 0.3 is 6.09 Å². The van der Waals surface area contributed by atoms with Crippen LogP contribution in [0.4, 0.5) is 14.9 Å². The molecule has 0 spiro atoms. The molecule has 14 heteroatoms. The van der Waals surface area contributed by atoms with Crippen molar-refractivity contribution in [3.8, 4) is 11.5 Å². The number of carbonyl (C=O) groups excluding carboxylic acids is 1. The highest BCUT2D eigenvalue weighted by Gasteiger charge is 2.65. The average molecular weight is 802 g/mol. The summed E-state index contributed by atoms with van der Waals surface area (Å²) in [5.41, 5.74) is 3.32. The van der Waals surface area contributed by atoms with Gasteiger partial charge in [0.25, 0.3) is 5.69 Å². The fourth-order valence-electron chi connectivity index (χ4n) is 8.76. The lowest BCUT2D eigenvalue weighted by Gasteiger charge is -2.59. The Morgan fingerprint density at radius 3 is 2.50 bits per heavy atom. The molecule has 1 aliphatic heterocycles. The third-order valence-corrected chi connectivity index (χ3v) is 11.5. The molecule has 2 aliphatic carbocycles. The maximum atomic E-state index is 14.6. The minimum Gasteiger partial charge on any atom is -0.489 e. The van der Waals surface area contributed by atoms with Gasteiger partial charge in [-0.3, -0.25) is 10.1 Å². The summed E-state index contributed by atoms with van der Waals surface area (Å²) in [5, 5.41) is 35.6. The van der Waals surface area contributed by atoms with Gasteiger partial charge in [0.2, 0.25) is 5.79 Å². The second-order valence-corrected chi connectivity index (χ2v) is 14.9. The minimum absolute atomic E-state index is 0.00213. The molecule has 0 saturated heterocycles. The number of nitro groups is 1. The van der Waals surface area contributed by atoms with Gasteiger partial charge in [0.15, 0.2) is 0 Å². The first-order valence-electron chi connectivity index (χ1n) is 19.8. The van der Waals surface area contributed by atoms with Gasteiger partial charge in [0.1, 0.15) is 36.6 Å². The zero-order valence-corrected chi connectivity index (χ0v) is 33.0. The fraction of sp³-hybridized carbons (Fsp3) is 0.455. The molecule has 1 fully saturated rings. The molecule has 3 aliphatic rings. The number of methoxy groups -OCH3 is 1. The Morgan fingerprint density at radius 2 is 1.81 bits per heavy atom. The van der Waals surface area contributed by atoms with Crippen molar-refractivity contribution < 1.29 is 48.1 Å². The highest BCUT2D eigenvalue weighted by Crippen LogP contribution is 2.61. The lowest BCUT2D eigenvalue weighted by Crippen LogP contribution is -2.69.